The summed E-state index contributed by atoms with van der Waals surface area (Å²) < 4.78 is 0. The minimum Gasteiger partial charge on any atom is -0.396 e. The summed E-state index contributed by atoms with van der Waals surface area (Å²) in [5.74, 6) is 0.0544. The Morgan fingerprint density at radius 1 is 1.56 bits per heavy atom. The van der Waals surface area contributed by atoms with Gasteiger partial charge in [-0.1, -0.05) is 0 Å². The first-order valence-corrected chi connectivity index (χ1v) is 3.34. The average Bonchev–Trinajstić information content (AvgIpc) is 1.89. The molecule has 0 amide bonds. The zero-order valence-corrected chi connectivity index (χ0v) is 5.38. The van der Waals surface area contributed by atoms with Gasteiger partial charge in [0.2, 0.25) is 0 Å². The van der Waals surface area contributed by atoms with Gasteiger partial charge >= 0.3 is 0 Å². The van der Waals surface area contributed by atoms with Crippen LogP contribution in [0.4, 0.5) is 0 Å². The molecule has 2 unspecified atom stereocenters. The van der Waals surface area contributed by atoms with Crippen LogP contribution in [0.1, 0.15) is 6.42 Å². The highest BCUT2D eigenvalue weighted by Gasteiger charge is 2.21. The van der Waals surface area contributed by atoms with Crippen molar-refractivity contribution in [1.29, 1.82) is 0 Å². The van der Waals surface area contributed by atoms with Gasteiger partial charge < -0.3 is 15.5 Å². The van der Waals surface area contributed by atoms with Crippen LogP contribution >= 0.6 is 0 Å². The van der Waals surface area contributed by atoms with E-state index in [1.807, 2.05) is 0 Å². The molecule has 9 heavy (non-hydrogen) atoms. The van der Waals surface area contributed by atoms with Gasteiger partial charge in [-0.3, -0.25) is 0 Å². The van der Waals surface area contributed by atoms with Crippen molar-refractivity contribution in [2.45, 2.75) is 12.5 Å². The summed E-state index contributed by atoms with van der Waals surface area (Å²) in [4.78, 5) is 0. The first-order valence-electron chi connectivity index (χ1n) is 3.34. The summed E-state index contributed by atoms with van der Waals surface area (Å²) in [7, 11) is 0. The lowest BCUT2D eigenvalue weighted by molar-refractivity contribution is 0.0447. The lowest BCUT2D eigenvalue weighted by Gasteiger charge is -2.26. The van der Waals surface area contributed by atoms with Gasteiger partial charge in [-0.05, 0) is 13.0 Å². The third-order valence-electron chi connectivity index (χ3n) is 1.80. The summed E-state index contributed by atoms with van der Waals surface area (Å²) in [6.45, 7) is 1.71. The molecule has 0 radical (unpaired) electrons. The highest BCUT2D eigenvalue weighted by Crippen LogP contribution is 2.09. The van der Waals surface area contributed by atoms with Crippen molar-refractivity contribution in [2.75, 3.05) is 19.7 Å². The molecule has 1 aliphatic rings. The topological polar surface area (TPSA) is 52.5 Å². The maximum atomic E-state index is 9.17. The summed E-state index contributed by atoms with van der Waals surface area (Å²) in [6, 6.07) is 0. The molecule has 0 bridgehead atoms. The van der Waals surface area contributed by atoms with E-state index in [2.05, 4.69) is 5.32 Å². The quantitative estimate of drug-likeness (QED) is 0.425. The molecule has 1 fully saturated rings. The summed E-state index contributed by atoms with van der Waals surface area (Å²) in [6.07, 6.45) is 0.474. The Morgan fingerprint density at radius 3 is 2.78 bits per heavy atom. The first kappa shape index (κ1) is 6.99. The fraction of sp³-hybridized carbons (Fsp3) is 1.00. The number of hydrogen-bond acceptors (Lipinski definition) is 3. The number of aliphatic hydroxyl groups excluding tert-OH is 2. The molecule has 3 nitrogen and oxygen atoms in total. The van der Waals surface area contributed by atoms with Crippen LogP contribution in [0.3, 0.4) is 0 Å². The minimum atomic E-state index is -0.295. The lowest BCUT2D eigenvalue weighted by atomic mass is 9.97. The molecule has 1 rings (SSSR count). The van der Waals surface area contributed by atoms with Gasteiger partial charge in [-0.15, -0.1) is 0 Å². The van der Waals surface area contributed by atoms with E-state index < -0.39 is 0 Å². The van der Waals surface area contributed by atoms with Crippen molar-refractivity contribution in [3.8, 4) is 0 Å². The predicted octanol–water partition coefficient (Wildman–Crippen LogP) is -1.05. The fourth-order valence-electron chi connectivity index (χ4n) is 1.10. The van der Waals surface area contributed by atoms with Crippen LogP contribution in [0.5, 0.6) is 0 Å². The van der Waals surface area contributed by atoms with Crippen LogP contribution in [-0.4, -0.2) is 36.0 Å². The molecule has 3 N–H and O–H groups in total. The molecule has 0 spiro atoms. The second kappa shape index (κ2) is 3.15. The lowest BCUT2D eigenvalue weighted by Crippen LogP contribution is -2.41. The van der Waals surface area contributed by atoms with E-state index in [1.165, 1.54) is 0 Å². The van der Waals surface area contributed by atoms with E-state index in [4.69, 9.17) is 10.2 Å². The zero-order chi connectivity index (χ0) is 6.69. The van der Waals surface area contributed by atoms with Crippen molar-refractivity contribution < 1.29 is 10.2 Å². The molecule has 0 saturated carbocycles. The van der Waals surface area contributed by atoms with Crippen LogP contribution in [0.25, 0.3) is 0 Å². The van der Waals surface area contributed by atoms with Crippen molar-refractivity contribution >= 4 is 0 Å². The third kappa shape index (κ3) is 1.64. The largest absolute Gasteiger partial charge is 0.396 e. The van der Waals surface area contributed by atoms with E-state index in [1.54, 1.807) is 0 Å². The Morgan fingerprint density at radius 2 is 2.33 bits per heavy atom. The molecule has 0 aliphatic carbocycles. The fourth-order valence-corrected chi connectivity index (χ4v) is 1.10. The molecule has 1 saturated heterocycles. The normalized spacial score (nSPS) is 36.7. The van der Waals surface area contributed by atoms with Crippen molar-refractivity contribution in [2.24, 2.45) is 5.92 Å². The average molecular weight is 131 g/mol. The highest BCUT2D eigenvalue weighted by atomic mass is 16.3. The number of hydrogen-bond donors (Lipinski definition) is 3. The highest BCUT2D eigenvalue weighted by molar-refractivity contribution is 4.75. The second-order valence-corrected chi connectivity index (χ2v) is 2.50. The van der Waals surface area contributed by atoms with Crippen molar-refractivity contribution in [3.63, 3.8) is 0 Å². The Hall–Kier alpha value is -0.120. The van der Waals surface area contributed by atoms with Gasteiger partial charge in [0, 0.05) is 19.1 Å². The Labute approximate surface area is 54.7 Å². The maximum absolute atomic E-state index is 9.17. The summed E-state index contributed by atoms with van der Waals surface area (Å²) in [5.41, 5.74) is 0. The Bertz CT molecular complexity index is 87.1. The van der Waals surface area contributed by atoms with Gasteiger partial charge in [-0.25, -0.2) is 0 Å². The smallest absolute Gasteiger partial charge is 0.0614 e. The molecular weight excluding hydrogens is 118 g/mol. The molecule has 1 heterocycles. The molecule has 0 aromatic heterocycles. The third-order valence-corrected chi connectivity index (χ3v) is 1.80. The summed E-state index contributed by atoms with van der Waals surface area (Å²) in [5, 5.41) is 20.9. The number of piperidine rings is 1. The van der Waals surface area contributed by atoms with E-state index in [-0.39, 0.29) is 18.6 Å². The van der Waals surface area contributed by atoms with Gasteiger partial charge in [0.25, 0.3) is 0 Å². The molecular formula is C6H13NO2. The molecule has 3 heteroatoms. The standard InChI is InChI=1S/C6H13NO2/c8-4-5-3-7-2-1-6(5)9/h5-9H,1-4H2. The van der Waals surface area contributed by atoms with Crippen LogP contribution < -0.4 is 5.32 Å². The Kier molecular flexibility index (Phi) is 2.45. The first-order chi connectivity index (χ1) is 4.34. The minimum absolute atomic E-state index is 0.0544. The van der Waals surface area contributed by atoms with Crippen molar-refractivity contribution in [1.82, 2.24) is 5.32 Å². The molecule has 2 atom stereocenters. The zero-order valence-electron chi connectivity index (χ0n) is 5.38. The summed E-state index contributed by atoms with van der Waals surface area (Å²) >= 11 is 0. The van der Waals surface area contributed by atoms with E-state index in [0.29, 0.717) is 0 Å². The number of aliphatic hydroxyl groups is 2. The SMILES string of the molecule is OCC1CNCCC1O. The van der Waals surface area contributed by atoms with Crippen LogP contribution in [0, 0.1) is 5.92 Å². The molecule has 0 aromatic rings. The van der Waals surface area contributed by atoms with Crippen LogP contribution in [0.2, 0.25) is 0 Å². The number of nitrogens with one attached hydrogen (secondary N) is 1. The number of rotatable bonds is 1. The van der Waals surface area contributed by atoms with Gasteiger partial charge in [0.1, 0.15) is 0 Å². The van der Waals surface area contributed by atoms with Crippen LogP contribution in [-0.2, 0) is 0 Å². The monoisotopic (exact) mass is 131 g/mol. The van der Waals surface area contributed by atoms with E-state index in [9.17, 15) is 0 Å². The Balaban J connectivity index is 2.30. The van der Waals surface area contributed by atoms with Crippen molar-refractivity contribution in [3.05, 3.63) is 0 Å². The van der Waals surface area contributed by atoms with Gasteiger partial charge in [0.05, 0.1) is 6.10 Å². The van der Waals surface area contributed by atoms with E-state index in [0.717, 1.165) is 19.5 Å². The van der Waals surface area contributed by atoms with E-state index >= 15 is 0 Å². The van der Waals surface area contributed by atoms with Crippen LogP contribution in [0.15, 0.2) is 0 Å². The van der Waals surface area contributed by atoms with Gasteiger partial charge in [-0.2, -0.15) is 0 Å². The second-order valence-electron chi connectivity index (χ2n) is 2.50. The molecule has 1 aliphatic heterocycles. The maximum Gasteiger partial charge on any atom is 0.0614 e. The molecule has 0 aromatic carbocycles. The predicted molar refractivity (Wildman–Crippen MR) is 34.1 cm³/mol. The van der Waals surface area contributed by atoms with Gasteiger partial charge in [0.15, 0.2) is 0 Å². The molecule has 54 valence electrons.